The third kappa shape index (κ3) is 2.83. The number of hydrogen-bond donors (Lipinski definition) is 4. The molecule has 16 heavy (non-hydrogen) atoms. The number of nitrogens with zero attached hydrogens (tertiary/aromatic N) is 1. The number of aliphatic hydroxyl groups is 4. The molecule has 0 aliphatic carbocycles. The summed E-state index contributed by atoms with van der Waals surface area (Å²) >= 11 is 0.942. The van der Waals surface area contributed by atoms with E-state index in [-0.39, 0.29) is 15.7 Å². The van der Waals surface area contributed by atoms with Gasteiger partial charge in [0, 0.05) is 13.1 Å². The van der Waals surface area contributed by atoms with Crippen molar-refractivity contribution >= 4 is 17.1 Å². The molecular weight excluding hydrogens is 234 g/mol. The molecule has 0 fully saturated rings. The lowest BCUT2D eigenvalue weighted by atomic mass is 10.1. The van der Waals surface area contributed by atoms with Gasteiger partial charge in [0.05, 0.1) is 11.5 Å². The van der Waals surface area contributed by atoms with Crippen molar-refractivity contribution in [1.82, 2.24) is 4.98 Å². The van der Waals surface area contributed by atoms with Crippen molar-refractivity contribution in [2.45, 2.75) is 25.2 Å². The first kappa shape index (κ1) is 13.2. The van der Waals surface area contributed by atoms with E-state index in [4.69, 9.17) is 10.2 Å². The normalized spacial score (nSPS) is 16.8. The highest BCUT2D eigenvalue weighted by molar-refractivity contribution is 7.13. The van der Waals surface area contributed by atoms with E-state index in [1.165, 1.54) is 13.1 Å². The van der Waals surface area contributed by atoms with Crippen LogP contribution in [-0.2, 0) is 0 Å². The van der Waals surface area contributed by atoms with Gasteiger partial charge < -0.3 is 20.4 Å². The van der Waals surface area contributed by atoms with Crippen molar-refractivity contribution in [3.8, 4) is 0 Å². The van der Waals surface area contributed by atoms with E-state index in [1.54, 1.807) is 0 Å². The van der Waals surface area contributed by atoms with Crippen molar-refractivity contribution in [3.05, 3.63) is 16.1 Å². The number of carbonyl (C=O) groups is 1. The zero-order chi connectivity index (χ0) is 12.3. The number of thiazole rings is 1. The Balaban J connectivity index is 2.79. The second kappa shape index (κ2) is 5.46. The predicted octanol–water partition coefficient (Wildman–Crippen LogP) is -0.907. The molecule has 0 amide bonds. The van der Waals surface area contributed by atoms with Crippen LogP contribution in [0.25, 0.3) is 0 Å². The third-order valence-corrected chi connectivity index (χ3v) is 3.19. The van der Waals surface area contributed by atoms with Gasteiger partial charge in [-0.2, -0.15) is 0 Å². The van der Waals surface area contributed by atoms with Crippen LogP contribution in [0.2, 0.25) is 0 Å². The molecule has 0 aromatic carbocycles. The SMILES string of the molecule is CC(=O)c1ncc([C@H](O)[C@@H](O)[C@H](O)CO)s1. The lowest BCUT2D eigenvalue weighted by Crippen LogP contribution is -2.34. The van der Waals surface area contributed by atoms with Gasteiger partial charge in [-0.05, 0) is 0 Å². The molecule has 0 aliphatic heterocycles. The second-order valence-corrected chi connectivity index (χ2v) is 4.37. The molecule has 6 nitrogen and oxygen atoms in total. The quantitative estimate of drug-likeness (QED) is 0.501. The maximum Gasteiger partial charge on any atom is 0.188 e. The topological polar surface area (TPSA) is 111 Å². The molecule has 0 bridgehead atoms. The molecular formula is C9H13NO5S. The van der Waals surface area contributed by atoms with Gasteiger partial charge in [-0.3, -0.25) is 4.79 Å². The highest BCUT2D eigenvalue weighted by Gasteiger charge is 2.27. The fourth-order valence-electron chi connectivity index (χ4n) is 1.07. The molecule has 1 heterocycles. The van der Waals surface area contributed by atoms with Gasteiger partial charge in [-0.15, -0.1) is 11.3 Å². The van der Waals surface area contributed by atoms with Crippen LogP contribution in [0.15, 0.2) is 6.20 Å². The number of aromatic nitrogens is 1. The van der Waals surface area contributed by atoms with Crippen LogP contribution in [0.3, 0.4) is 0 Å². The average Bonchev–Trinajstić information content (AvgIpc) is 2.75. The van der Waals surface area contributed by atoms with Crippen molar-refractivity contribution in [2.75, 3.05) is 6.61 Å². The first-order chi connectivity index (χ1) is 7.47. The van der Waals surface area contributed by atoms with Crippen LogP contribution in [0.5, 0.6) is 0 Å². The number of carbonyl (C=O) groups excluding carboxylic acids is 1. The standard InChI is InChI=1S/C9H13NO5S/c1-4(12)9-10-2-6(16-9)8(15)7(14)5(13)3-11/h2,5,7-8,11,13-15H,3H2,1H3/t5-,7+,8+/m1/s1. The smallest absolute Gasteiger partial charge is 0.188 e. The van der Waals surface area contributed by atoms with Gasteiger partial charge in [-0.25, -0.2) is 4.98 Å². The molecule has 1 aromatic rings. The monoisotopic (exact) mass is 247 g/mol. The van der Waals surface area contributed by atoms with Crippen molar-refractivity contribution in [2.24, 2.45) is 0 Å². The fraction of sp³-hybridized carbons (Fsp3) is 0.556. The molecule has 1 rings (SSSR count). The van der Waals surface area contributed by atoms with Crippen molar-refractivity contribution in [3.63, 3.8) is 0 Å². The summed E-state index contributed by atoms with van der Waals surface area (Å²) in [6.07, 6.45) is -3.05. The second-order valence-electron chi connectivity index (χ2n) is 3.31. The van der Waals surface area contributed by atoms with E-state index in [0.29, 0.717) is 0 Å². The van der Waals surface area contributed by atoms with E-state index in [0.717, 1.165) is 11.3 Å². The van der Waals surface area contributed by atoms with Crippen molar-refractivity contribution in [1.29, 1.82) is 0 Å². The fourth-order valence-corrected chi connectivity index (χ4v) is 1.91. The van der Waals surface area contributed by atoms with Gasteiger partial charge in [-0.1, -0.05) is 0 Å². The summed E-state index contributed by atoms with van der Waals surface area (Å²) in [4.78, 5) is 15.0. The maximum absolute atomic E-state index is 11.0. The predicted molar refractivity (Wildman–Crippen MR) is 56.2 cm³/mol. The molecule has 0 spiro atoms. The van der Waals surface area contributed by atoms with Gasteiger partial charge in [0.25, 0.3) is 0 Å². The van der Waals surface area contributed by atoms with Crippen molar-refractivity contribution < 1.29 is 25.2 Å². The minimum absolute atomic E-state index is 0.222. The Morgan fingerprint density at radius 2 is 2.12 bits per heavy atom. The summed E-state index contributed by atoms with van der Waals surface area (Å²) in [5.41, 5.74) is 0. The number of rotatable bonds is 5. The first-order valence-corrected chi connectivity index (χ1v) is 5.40. The summed E-state index contributed by atoms with van der Waals surface area (Å²) < 4.78 is 0. The lowest BCUT2D eigenvalue weighted by Gasteiger charge is -2.19. The van der Waals surface area contributed by atoms with Crippen LogP contribution in [0, 0.1) is 0 Å². The Labute approximate surface area is 95.8 Å². The van der Waals surface area contributed by atoms with Gasteiger partial charge >= 0.3 is 0 Å². The van der Waals surface area contributed by atoms with Gasteiger partial charge in [0.1, 0.15) is 18.3 Å². The number of aliphatic hydroxyl groups excluding tert-OH is 4. The van der Waals surface area contributed by atoms with E-state index in [1.807, 2.05) is 0 Å². The van der Waals surface area contributed by atoms with E-state index >= 15 is 0 Å². The van der Waals surface area contributed by atoms with Gasteiger partial charge in [0.2, 0.25) is 0 Å². The lowest BCUT2D eigenvalue weighted by molar-refractivity contribution is -0.0766. The minimum atomic E-state index is -1.51. The Hall–Kier alpha value is -0.860. The van der Waals surface area contributed by atoms with Gasteiger partial charge in [0.15, 0.2) is 10.8 Å². The Morgan fingerprint density at radius 1 is 1.50 bits per heavy atom. The number of ketones is 1. The molecule has 0 saturated carbocycles. The molecule has 0 saturated heterocycles. The summed E-state index contributed by atoms with van der Waals surface area (Å²) in [5.74, 6) is -0.236. The van der Waals surface area contributed by atoms with Crippen LogP contribution >= 0.6 is 11.3 Å². The number of hydrogen-bond acceptors (Lipinski definition) is 7. The molecule has 3 atom stereocenters. The Bertz CT molecular complexity index is 367. The Morgan fingerprint density at radius 3 is 2.56 bits per heavy atom. The average molecular weight is 247 g/mol. The zero-order valence-corrected chi connectivity index (χ0v) is 9.39. The highest BCUT2D eigenvalue weighted by atomic mass is 32.1. The van der Waals surface area contributed by atoms with E-state index in [2.05, 4.69) is 4.98 Å². The molecule has 1 aromatic heterocycles. The molecule has 0 aliphatic rings. The third-order valence-electron chi connectivity index (χ3n) is 2.02. The summed E-state index contributed by atoms with van der Waals surface area (Å²) in [6.45, 7) is 0.685. The summed E-state index contributed by atoms with van der Waals surface area (Å²) in [7, 11) is 0. The molecule has 4 N–H and O–H groups in total. The number of Topliss-reactive ketones (excluding diaryl/α,β-unsaturated/α-hetero) is 1. The maximum atomic E-state index is 11.0. The molecule has 0 radical (unpaired) electrons. The van der Waals surface area contributed by atoms with Crippen LogP contribution in [-0.4, -0.2) is 50.0 Å². The van der Waals surface area contributed by atoms with E-state index in [9.17, 15) is 15.0 Å². The highest BCUT2D eigenvalue weighted by Crippen LogP contribution is 2.25. The minimum Gasteiger partial charge on any atom is -0.394 e. The van der Waals surface area contributed by atoms with Crippen LogP contribution in [0.1, 0.15) is 27.7 Å². The summed E-state index contributed by atoms with van der Waals surface area (Å²) in [6, 6.07) is 0. The molecule has 7 heteroatoms. The molecule has 0 unspecified atom stereocenters. The molecule has 90 valence electrons. The first-order valence-electron chi connectivity index (χ1n) is 4.59. The largest absolute Gasteiger partial charge is 0.394 e. The van der Waals surface area contributed by atoms with Crippen LogP contribution in [0.4, 0.5) is 0 Å². The Kier molecular flexibility index (Phi) is 4.51. The van der Waals surface area contributed by atoms with E-state index < -0.39 is 24.9 Å². The zero-order valence-electron chi connectivity index (χ0n) is 8.57. The summed E-state index contributed by atoms with van der Waals surface area (Å²) in [5, 5.41) is 37.0. The van der Waals surface area contributed by atoms with Crippen LogP contribution < -0.4 is 0 Å².